The molecular weight excluding hydrogens is 503 g/mol. The van der Waals surface area contributed by atoms with E-state index in [1.807, 2.05) is 24.3 Å². The van der Waals surface area contributed by atoms with Crippen LogP contribution in [0.1, 0.15) is 5.56 Å². The van der Waals surface area contributed by atoms with Crippen LogP contribution in [0, 0.1) is 3.57 Å². The summed E-state index contributed by atoms with van der Waals surface area (Å²) in [4.78, 5) is 8.78. The van der Waals surface area contributed by atoms with Gasteiger partial charge in [-0.3, -0.25) is 0 Å². The molecule has 0 aliphatic heterocycles. The zero-order valence-electron chi connectivity index (χ0n) is 15.4. The topological polar surface area (TPSA) is 86.1 Å². The van der Waals surface area contributed by atoms with Gasteiger partial charge in [-0.2, -0.15) is 0 Å². The van der Waals surface area contributed by atoms with Gasteiger partial charge in [-0.1, -0.05) is 30.3 Å². The Morgan fingerprint density at radius 3 is 2.48 bits per heavy atom. The predicted octanol–water partition coefficient (Wildman–Crippen LogP) is 3.89. The van der Waals surface area contributed by atoms with Crippen molar-refractivity contribution in [2.24, 2.45) is 0 Å². The van der Waals surface area contributed by atoms with Crippen molar-refractivity contribution in [2.75, 3.05) is 12.4 Å². The molecule has 0 spiro atoms. The highest BCUT2D eigenvalue weighted by molar-refractivity contribution is 14.1. The van der Waals surface area contributed by atoms with Gasteiger partial charge in [-0.25, -0.2) is 22.4 Å². The first-order valence-corrected chi connectivity index (χ1v) is 11.2. The van der Waals surface area contributed by atoms with Crippen molar-refractivity contribution in [2.45, 2.75) is 11.4 Å². The van der Waals surface area contributed by atoms with Gasteiger partial charge in [-0.15, -0.1) is 0 Å². The lowest BCUT2D eigenvalue weighted by Crippen LogP contribution is -2.12. The largest absolute Gasteiger partial charge is 0.497 e. The third-order valence-corrected chi connectivity index (χ3v) is 6.91. The number of methoxy groups -OCH3 is 1. The maximum absolute atomic E-state index is 13.1. The minimum Gasteiger partial charge on any atom is -0.497 e. The Morgan fingerprint density at radius 2 is 1.79 bits per heavy atom. The fourth-order valence-electron chi connectivity index (χ4n) is 2.94. The Bertz CT molecular complexity index is 1260. The van der Waals surface area contributed by atoms with Crippen LogP contribution in [0.2, 0.25) is 0 Å². The summed E-state index contributed by atoms with van der Waals surface area (Å²) in [5.74, 6) is 1.37. The molecule has 0 radical (unpaired) electrons. The second kappa shape index (κ2) is 7.99. The molecule has 2 heterocycles. The van der Waals surface area contributed by atoms with Gasteiger partial charge in [0.2, 0.25) is 0 Å². The molecule has 7 nitrogen and oxygen atoms in total. The molecule has 1 N–H and O–H groups in total. The van der Waals surface area contributed by atoms with E-state index in [9.17, 15) is 8.42 Å². The van der Waals surface area contributed by atoms with Crippen LogP contribution in [0.25, 0.3) is 11.0 Å². The van der Waals surface area contributed by atoms with Crippen molar-refractivity contribution in [3.8, 4) is 5.75 Å². The van der Waals surface area contributed by atoms with Crippen molar-refractivity contribution in [1.29, 1.82) is 0 Å². The van der Waals surface area contributed by atoms with Gasteiger partial charge in [0, 0.05) is 16.3 Å². The van der Waals surface area contributed by atoms with Gasteiger partial charge < -0.3 is 10.1 Å². The van der Waals surface area contributed by atoms with Crippen molar-refractivity contribution in [1.82, 2.24) is 13.9 Å². The highest BCUT2D eigenvalue weighted by Gasteiger charge is 2.23. The first-order chi connectivity index (χ1) is 14.0. The summed E-state index contributed by atoms with van der Waals surface area (Å²) in [6, 6.07) is 16.0. The van der Waals surface area contributed by atoms with E-state index in [0.717, 1.165) is 14.9 Å². The smallest absolute Gasteiger partial charge is 0.269 e. The molecular formula is C20H17IN4O3S. The van der Waals surface area contributed by atoms with Crippen LogP contribution in [0.4, 0.5) is 5.82 Å². The maximum atomic E-state index is 13.1. The standard InChI is InChI=1S/C20H17IN4O3S/c1-28-15-9-7-14(8-10-15)11-22-19-18-17(21)12-25(20(18)24-13-23-19)29(26,27)16-5-3-2-4-6-16/h2-10,12-13H,11H2,1H3,(H,22,23,24). The van der Waals surface area contributed by atoms with Crippen LogP contribution in [0.15, 0.2) is 72.0 Å². The van der Waals surface area contributed by atoms with E-state index < -0.39 is 10.0 Å². The number of aromatic nitrogens is 3. The summed E-state index contributed by atoms with van der Waals surface area (Å²) in [6.07, 6.45) is 2.94. The number of rotatable bonds is 6. The minimum atomic E-state index is -3.76. The number of nitrogens with one attached hydrogen (secondary N) is 1. The lowest BCUT2D eigenvalue weighted by atomic mass is 10.2. The van der Waals surface area contributed by atoms with Crippen LogP contribution in [0.3, 0.4) is 0 Å². The number of ether oxygens (including phenoxy) is 1. The number of fused-ring (bicyclic) bond motifs is 1. The van der Waals surface area contributed by atoms with E-state index in [0.29, 0.717) is 23.4 Å². The van der Waals surface area contributed by atoms with Crippen molar-refractivity contribution >= 4 is 49.5 Å². The van der Waals surface area contributed by atoms with Crippen molar-refractivity contribution in [3.05, 3.63) is 76.3 Å². The van der Waals surface area contributed by atoms with Crippen LogP contribution < -0.4 is 10.1 Å². The average molecular weight is 520 g/mol. The molecule has 148 valence electrons. The van der Waals surface area contributed by atoms with Crippen molar-refractivity contribution < 1.29 is 13.2 Å². The summed E-state index contributed by atoms with van der Waals surface area (Å²) in [6.45, 7) is 0.531. The molecule has 0 saturated carbocycles. The van der Waals surface area contributed by atoms with E-state index in [4.69, 9.17) is 4.74 Å². The second-order valence-electron chi connectivity index (χ2n) is 6.21. The fraction of sp³-hybridized carbons (Fsp3) is 0.100. The molecule has 0 atom stereocenters. The summed E-state index contributed by atoms with van der Waals surface area (Å²) < 4.78 is 33.3. The van der Waals surface area contributed by atoms with E-state index in [-0.39, 0.29) is 4.90 Å². The highest BCUT2D eigenvalue weighted by Crippen LogP contribution is 2.30. The molecule has 4 rings (SSSR count). The normalized spacial score (nSPS) is 11.5. The summed E-state index contributed by atoms with van der Waals surface area (Å²) in [5, 5.41) is 3.95. The quantitative estimate of drug-likeness (QED) is 0.389. The Balaban J connectivity index is 1.71. The molecule has 4 aromatic rings. The van der Waals surface area contributed by atoms with Gasteiger partial charge in [0.1, 0.15) is 17.9 Å². The number of hydrogen-bond donors (Lipinski definition) is 1. The number of hydrogen-bond acceptors (Lipinski definition) is 6. The minimum absolute atomic E-state index is 0.208. The van der Waals surface area contributed by atoms with E-state index in [1.54, 1.807) is 43.6 Å². The molecule has 0 aliphatic carbocycles. The third-order valence-electron chi connectivity index (χ3n) is 4.42. The van der Waals surface area contributed by atoms with E-state index in [1.165, 1.54) is 10.3 Å². The first kappa shape index (κ1) is 19.6. The van der Waals surface area contributed by atoms with Gasteiger partial charge >= 0.3 is 0 Å². The Hall–Kier alpha value is -2.66. The lowest BCUT2D eigenvalue weighted by Gasteiger charge is -2.09. The number of halogens is 1. The molecule has 0 unspecified atom stereocenters. The summed E-state index contributed by atoms with van der Waals surface area (Å²) in [7, 11) is -2.13. The van der Waals surface area contributed by atoms with Gasteiger partial charge in [0.05, 0.1) is 17.4 Å². The lowest BCUT2D eigenvalue weighted by molar-refractivity contribution is 0.414. The molecule has 0 aliphatic rings. The van der Waals surface area contributed by atoms with Gasteiger partial charge in [0.15, 0.2) is 5.65 Å². The fourth-order valence-corrected chi connectivity index (χ4v) is 5.25. The molecule has 0 amide bonds. The zero-order valence-corrected chi connectivity index (χ0v) is 18.4. The Kier molecular flexibility index (Phi) is 5.41. The first-order valence-electron chi connectivity index (χ1n) is 8.69. The molecule has 2 aromatic heterocycles. The van der Waals surface area contributed by atoms with Crippen LogP contribution >= 0.6 is 22.6 Å². The highest BCUT2D eigenvalue weighted by atomic mass is 127. The zero-order chi connectivity index (χ0) is 20.4. The Morgan fingerprint density at radius 1 is 1.07 bits per heavy atom. The molecule has 9 heteroatoms. The second-order valence-corrected chi connectivity index (χ2v) is 9.19. The number of benzene rings is 2. The molecule has 0 saturated heterocycles. The van der Waals surface area contributed by atoms with Crippen molar-refractivity contribution in [3.63, 3.8) is 0 Å². The molecule has 2 aromatic carbocycles. The predicted molar refractivity (Wildman–Crippen MR) is 120 cm³/mol. The maximum Gasteiger partial charge on any atom is 0.269 e. The summed E-state index contributed by atoms with van der Waals surface area (Å²) >= 11 is 2.11. The molecule has 29 heavy (non-hydrogen) atoms. The van der Waals surface area contributed by atoms with Crippen LogP contribution in [0.5, 0.6) is 5.75 Å². The molecule has 0 bridgehead atoms. The number of nitrogens with zero attached hydrogens (tertiary/aromatic N) is 3. The van der Waals surface area contributed by atoms with E-state index in [2.05, 4.69) is 37.9 Å². The molecule has 0 fully saturated rings. The van der Waals surface area contributed by atoms with E-state index >= 15 is 0 Å². The SMILES string of the molecule is COc1ccc(CNc2ncnc3c2c(I)cn3S(=O)(=O)c2ccccc2)cc1. The monoisotopic (exact) mass is 520 g/mol. The number of anilines is 1. The van der Waals surface area contributed by atoms with Gasteiger partial charge in [-0.05, 0) is 52.4 Å². The van der Waals surface area contributed by atoms with Crippen LogP contribution in [-0.2, 0) is 16.6 Å². The Labute approximate surface area is 182 Å². The van der Waals surface area contributed by atoms with Crippen LogP contribution in [-0.4, -0.2) is 29.5 Å². The third kappa shape index (κ3) is 3.79. The average Bonchev–Trinajstić information content (AvgIpc) is 3.11. The van der Waals surface area contributed by atoms with Gasteiger partial charge in [0.25, 0.3) is 10.0 Å². The summed E-state index contributed by atoms with van der Waals surface area (Å²) in [5.41, 5.74) is 1.38.